The Hall–Kier alpha value is -2.49. The van der Waals surface area contributed by atoms with Gasteiger partial charge in [-0.05, 0) is 43.5 Å². The first-order valence-electron chi connectivity index (χ1n) is 7.94. The zero-order valence-corrected chi connectivity index (χ0v) is 13.4. The molecule has 1 saturated carbocycles. The van der Waals surface area contributed by atoms with Gasteiger partial charge < -0.3 is 10.4 Å². The van der Waals surface area contributed by atoms with Crippen LogP contribution in [0.4, 0.5) is 13.2 Å². The highest BCUT2D eigenvalue weighted by Crippen LogP contribution is 2.30. The number of alkyl halides is 3. The number of aliphatic carboxylic acids is 1. The molecule has 2 atom stereocenters. The summed E-state index contributed by atoms with van der Waals surface area (Å²) in [6.07, 6.45) is -2.11. The fraction of sp³-hybridized carbons (Fsp3) is 0.444. The molecule has 0 radical (unpaired) electrons. The third-order valence-electron chi connectivity index (χ3n) is 4.19. The van der Waals surface area contributed by atoms with Crippen molar-refractivity contribution in [2.24, 2.45) is 11.8 Å². The molecule has 0 bridgehead atoms. The topological polar surface area (TPSA) is 66.4 Å². The van der Waals surface area contributed by atoms with E-state index in [0.29, 0.717) is 31.2 Å². The maximum Gasteiger partial charge on any atom is 0.416 e. The number of benzene rings is 1. The number of carbonyl (C=O) groups excluding carboxylic acids is 1. The summed E-state index contributed by atoms with van der Waals surface area (Å²) in [6.45, 7) is 0.0636. The molecule has 1 aliphatic carbocycles. The highest BCUT2D eigenvalue weighted by atomic mass is 19.4. The van der Waals surface area contributed by atoms with E-state index in [4.69, 9.17) is 5.11 Å². The van der Waals surface area contributed by atoms with Crippen LogP contribution in [0.1, 0.15) is 36.8 Å². The molecule has 25 heavy (non-hydrogen) atoms. The quantitative estimate of drug-likeness (QED) is 0.821. The Morgan fingerprint density at radius 1 is 1.16 bits per heavy atom. The predicted octanol–water partition coefficient (Wildman–Crippen LogP) is 3.06. The molecule has 4 nitrogen and oxygen atoms in total. The monoisotopic (exact) mass is 353 g/mol. The molecule has 0 saturated heterocycles. The zero-order valence-electron chi connectivity index (χ0n) is 13.4. The number of hydrogen-bond donors (Lipinski definition) is 2. The minimum absolute atomic E-state index is 0.0636. The smallest absolute Gasteiger partial charge is 0.416 e. The van der Waals surface area contributed by atoms with Crippen molar-refractivity contribution in [1.82, 2.24) is 5.32 Å². The van der Waals surface area contributed by atoms with E-state index in [0.717, 1.165) is 12.1 Å². The molecule has 2 rings (SSSR count). The van der Waals surface area contributed by atoms with E-state index in [-0.39, 0.29) is 18.4 Å². The highest BCUT2D eigenvalue weighted by Gasteiger charge is 2.31. The second-order valence-corrected chi connectivity index (χ2v) is 5.99. The van der Waals surface area contributed by atoms with E-state index in [9.17, 15) is 22.8 Å². The third kappa shape index (κ3) is 5.52. The highest BCUT2D eigenvalue weighted by molar-refractivity contribution is 5.80. The fourth-order valence-electron chi connectivity index (χ4n) is 2.82. The summed E-state index contributed by atoms with van der Waals surface area (Å²) in [5.74, 6) is 3.45. The van der Waals surface area contributed by atoms with Gasteiger partial charge >= 0.3 is 12.1 Å². The molecule has 134 valence electrons. The Morgan fingerprint density at radius 3 is 2.40 bits per heavy atom. The van der Waals surface area contributed by atoms with Crippen molar-refractivity contribution in [2.45, 2.75) is 31.9 Å². The average Bonchev–Trinajstić information content (AvgIpc) is 2.58. The average molecular weight is 353 g/mol. The van der Waals surface area contributed by atoms with E-state index in [1.807, 2.05) is 0 Å². The predicted molar refractivity (Wildman–Crippen MR) is 84.4 cm³/mol. The summed E-state index contributed by atoms with van der Waals surface area (Å²) < 4.78 is 37.3. The van der Waals surface area contributed by atoms with Crippen LogP contribution in [0, 0.1) is 23.7 Å². The summed E-state index contributed by atoms with van der Waals surface area (Å²) >= 11 is 0. The Labute approximate surface area is 143 Å². The molecule has 0 spiro atoms. The lowest BCUT2D eigenvalue weighted by Gasteiger charge is -2.25. The van der Waals surface area contributed by atoms with Gasteiger partial charge in [-0.3, -0.25) is 9.59 Å². The van der Waals surface area contributed by atoms with Crippen molar-refractivity contribution < 1.29 is 27.9 Å². The molecule has 1 aliphatic rings. The first kappa shape index (κ1) is 18.8. The van der Waals surface area contributed by atoms with Gasteiger partial charge in [-0.25, -0.2) is 0 Å². The second-order valence-electron chi connectivity index (χ2n) is 5.99. The number of amides is 1. The van der Waals surface area contributed by atoms with Gasteiger partial charge in [0.2, 0.25) is 5.91 Å². The van der Waals surface area contributed by atoms with E-state index in [1.54, 1.807) is 0 Å². The molecular formula is C18H18F3NO3. The van der Waals surface area contributed by atoms with Crippen molar-refractivity contribution in [1.29, 1.82) is 0 Å². The Bertz CT molecular complexity index is 686. The van der Waals surface area contributed by atoms with Crippen molar-refractivity contribution in [3.8, 4) is 11.8 Å². The number of halogens is 3. The number of rotatable bonds is 3. The Kier molecular flexibility index (Phi) is 6.07. The minimum Gasteiger partial charge on any atom is -0.481 e. The molecule has 0 aromatic heterocycles. The normalized spacial score (nSPS) is 20.3. The Balaban J connectivity index is 1.83. The van der Waals surface area contributed by atoms with Crippen LogP contribution in [0.5, 0.6) is 0 Å². The lowest BCUT2D eigenvalue weighted by Crippen LogP contribution is -2.35. The summed E-state index contributed by atoms with van der Waals surface area (Å²) in [6, 6.07) is 4.46. The molecule has 1 fully saturated rings. The lowest BCUT2D eigenvalue weighted by molar-refractivity contribution is -0.144. The van der Waals surface area contributed by atoms with Gasteiger partial charge in [0.25, 0.3) is 0 Å². The number of carboxylic acids is 1. The van der Waals surface area contributed by atoms with Gasteiger partial charge in [0.15, 0.2) is 0 Å². The maximum atomic E-state index is 12.4. The third-order valence-corrected chi connectivity index (χ3v) is 4.19. The number of carboxylic acid groups (broad SMARTS) is 1. The summed E-state index contributed by atoms with van der Waals surface area (Å²) in [7, 11) is 0. The van der Waals surface area contributed by atoms with E-state index in [1.165, 1.54) is 12.1 Å². The van der Waals surface area contributed by atoms with Crippen LogP contribution in [-0.2, 0) is 15.8 Å². The van der Waals surface area contributed by atoms with Gasteiger partial charge in [-0.2, -0.15) is 13.2 Å². The summed E-state index contributed by atoms with van der Waals surface area (Å²) in [5.41, 5.74) is -0.317. The summed E-state index contributed by atoms with van der Waals surface area (Å²) in [4.78, 5) is 23.0. The van der Waals surface area contributed by atoms with Crippen LogP contribution in [0.25, 0.3) is 0 Å². The van der Waals surface area contributed by atoms with Gasteiger partial charge in [0.05, 0.1) is 18.0 Å². The molecule has 1 aromatic rings. The molecule has 0 heterocycles. The molecule has 7 heteroatoms. The van der Waals surface area contributed by atoms with Crippen LogP contribution in [0.15, 0.2) is 24.3 Å². The zero-order chi connectivity index (χ0) is 18.4. The molecule has 1 aromatic carbocycles. The Morgan fingerprint density at radius 2 is 1.80 bits per heavy atom. The van der Waals surface area contributed by atoms with Crippen LogP contribution in [0.3, 0.4) is 0 Å². The van der Waals surface area contributed by atoms with Gasteiger partial charge in [-0.15, -0.1) is 0 Å². The largest absolute Gasteiger partial charge is 0.481 e. The van der Waals surface area contributed by atoms with Crippen molar-refractivity contribution >= 4 is 11.9 Å². The van der Waals surface area contributed by atoms with Gasteiger partial charge in [0.1, 0.15) is 0 Å². The maximum absolute atomic E-state index is 12.4. The van der Waals surface area contributed by atoms with E-state index in [2.05, 4.69) is 17.2 Å². The molecule has 1 amide bonds. The molecule has 2 unspecified atom stereocenters. The van der Waals surface area contributed by atoms with Crippen LogP contribution in [-0.4, -0.2) is 23.5 Å². The van der Waals surface area contributed by atoms with Crippen molar-refractivity contribution in [3.05, 3.63) is 35.4 Å². The summed E-state index contributed by atoms with van der Waals surface area (Å²) in [5, 5.41) is 11.7. The van der Waals surface area contributed by atoms with Crippen LogP contribution in [0.2, 0.25) is 0 Å². The van der Waals surface area contributed by atoms with E-state index >= 15 is 0 Å². The fourth-order valence-corrected chi connectivity index (χ4v) is 2.82. The number of hydrogen-bond acceptors (Lipinski definition) is 2. The van der Waals surface area contributed by atoms with Gasteiger partial charge in [-0.1, -0.05) is 18.3 Å². The molecule has 0 aliphatic heterocycles. The molecular weight excluding hydrogens is 335 g/mol. The van der Waals surface area contributed by atoms with Gasteiger partial charge in [0, 0.05) is 11.5 Å². The molecule has 2 N–H and O–H groups in total. The minimum atomic E-state index is -4.38. The lowest BCUT2D eigenvalue weighted by atomic mass is 9.81. The standard InChI is InChI=1S/C18H18F3NO3/c19-18(20,21)15-8-6-12(7-9-15)3-2-10-22-16(23)13-4-1-5-14(11-13)17(24)25/h6-9,13-14H,1,4-5,10-11H2,(H,22,23)(H,24,25). The first-order valence-corrected chi connectivity index (χ1v) is 7.94. The van der Waals surface area contributed by atoms with E-state index < -0.39 is 23.6 Å². The van der Waals surface area contributed by atoms with Crippen LogP contribution >= 0.6 is 0 Å². The first-order chi connectivity index (χ1) is 11.8. The van der Waals surface area contributed by atoms with Crippen molar-refractivity contribution in [3.63, 3.8) is 0 Å². The van der Waals surface area contributed by atoms with Crippen LogP contribution < -0.4 is 5.32 Å². The SMILES string of the molecule is O=C(O)C1CCCC(C(=O)NCC#Cc2ccc(C(F)(F)F)cc2)C1. The van der Waals surface area contributed by atoms with Crippen molar-refractivity contribution in [2.75, 3.05) is 6.54 Å². The second kappa shape index (κ2) is 8.06. The number of carbonyl (C=O) groups is 2. The number of nitrogens with one attached hydrogen (secondary N) is 1.